The number of benzene rings is 1. The van der Waals surface area contributed by atoms with E-state index < -0.39 is 12.1 Å². The van der Waals surface area contributed by atoms with Crippen molar-refractivity contribution in [3.8, 4) is 0 Å². The summed E-state index contributed by atoms with van der Waals surface area (Å²) in [5.41, 5.74) is 12.5. The molecule has 1 fully saturated rings. The van der Waals surface area contributed by atoms with Crippen LogP contribution in [0, 0.1) is 0 Å². The largest absolute Gasteiger partial charge is 0.399 e. The summed E-state index contributed by atoms with van der Waals surface area (Å²) >= 11 is 0. The number of nitrogens with one attached hydrogen (secondary N) is 1. The second-order valence-electron chi connectivity index (χ2n) is 5.18. The highest BCUT2D eigenvalue weighted by molar-refractivity contribution is 5.96. The van der Waals surface area contributed by atoms with Crippen molar-refractivity contribution in [2.75, 3.05) is 5.73 Å². The van der Waals surface area contributed by atoms with Crippen molar-refractivity contribution in [2.24, 2.45) is 5.73 Å². The van der Waals surface area contributed by atoms with Gasteiger partial charge in [0, 0.05) is 18.3 Å². The monoisotopic (exact) mass is 276 g/mol. The van der Waals surface area contributed by atoms with Gasteiger partial charge >= 0.3 is 6.03 Å². The first-order valence-electron chi connectivity index (χ1n) is 6.68. The molecule has 1 atom stereocenters. The van der Waals surface area contributed by atoms with E-state index in [1.165, 1.54) is 0 Å². The number of urea groups is 1. The molecule has 5 N–H and O–H groups in total. The molecule has 1 aliphatic carbocycles. The highest BCUT2D eigenvalue weighted by Crippen LogP contribution is 2.30. The standard InChI is InChI=1S/C14H20N4O2/c1-9(13(19)17-14(16)20)18(12-5-6-12)8-10-3-2-4-11(15)7-10/h2-4,7,9,12H,5-6,8,15H2,1H3,(H3,16,17,19,20). The van der Waals surface area contributed by atoms with Gasteiger partial charge in [-0.2, -0.15) is 0 Å². The number of imide groups is 1. The minimum Gasteiger partial charge on any atom is -0.399 e. The minimum atomic E-state index is -0.818. The lowest BCUT2D eigenvalue weighted by atomic mass is 10.1. The smallest absolute Gasteiger partial charge is 0.318 e. The molecular formula is C14H20N4O2. The van der Waals surface area contributed by atoms with E-state index in [0.717, 1.165) is 18.4 Å². The van der Waals surface area contributed by atoms with Crippen LogP contribution in [0.4, 0.5) is 10.5 Å². The van der Waals surface area contributed by atoms with Crippen LogP contribution < -0.4 is 16.8 Å². The summed E-state index contributed by atoms with van der Waals surface area (Å²) in [5, 5.41) is 2.14. The van der Waals surface area contributed by atoms with Crippen molar-refractivity contribution in [3.05, 3.63) is 29.8 Å². The van der Waals surface area contributed by atoms with Crippen LogP contribution in [0.15, 0.2) is 24.3 Å². The Morgan fingerprint density at radius 2 is 2.15 bits per heavy atom. The number of carbonyl (C=O) groups excluding carboxylic acids is 2. The van der Waals surface area contributed by atoms with Gasteiger partial charge in [0.2, 0.25) is 5.91 Å². The Morgan fingerprint density at radius 3 is 2.70 bits per heavy atom. The van der Waals surface area contributed by atoms with Crippen LogP contribution in [0.3, 0.4) is 0 Å². The summed E-state index contributed by atoms with van der Waals surface area (Å²) in [6.45, 7) is 2.41. The van der Waals surface area contributed by atoms with Crippen molar-refractivity contribution < 1.29 is 9.59 Å². The molecule has 1 aliphatic rings. The van der Waals surface area contributed by atoms with Crippen molar-refractivity contribution >= 4 is 17.6 Å². The van der Waals surface area contributed by atoms with Gasteiger partial charge < -0.3 is 11.5 Å². The molecule has 1 aromatic carbocycles. The van der Waals surface area contributed by atoms with Gasteiger partial charge in [0.05, 0.1) is 6.04 Å². The average molecular weight is 276 g/mol. The summed E-state index contributed by atoms with van der Waals surface area (Å²) in [6.07, 6.45) is 2.13. The van der Waals surface area contributed by atoms with Crippen molar-refractivity contribution in [2.45, 2.75) is 38.4 Å². The zero-order valence-corrected chi connectivity index (χ0v) is 11.5. The van der Waals surface area contributed by atoms with Crippen molar-refractivity contribution in [1.29, 1.82) is 0 Å². The normalized spacial score (nSPS) is 15.9. The first kappa shape index (κ1) is 14.3. The Balaban J connectivity index is 2.07. The van der Waals surface area contributed by atoms with Crippen molar-refractivity contribution in [3.63, 3.8) is 0 Å². The van der Waals surface area contributed by atoms with Crippen LogP contribution in [0.2, 0.25) is 0 Å². The van der Waals surface area contributed by atoms with Gasteiger partial charge in [-0.3, -0.25) is 15.0 Å². The number of nitrogen functional groups attached to an aromatic ring is 1. The van der Waals surface area contributed by atoms with E-state index in [0.29, 0.717) is 18.3 Å². The average Bonchev–Trinajstić information content (AvgIpc) is 3.18. The number of nitrogens with two attached hydrogens (primary N) is 2. The number of hydrogen-bond donors (Lipinski definition) is 3. The Labute approximate surface area is 118 Å². The van der Waals surface area contributed by atoms with Crippen LogP contribution in [0.5, 0.6) is 0 Å². The number of amides is 3. The van der Waals surface area contributed by atoms with Crippen LogP contribution in [0.25, 0.3) is 0 Å². The molecule has 20 heavy (non-hydrogen) atoms. The van der Waals surface area contributed by atoms with Crippen molar-refractivity contribution in [1.82, 2.24) is 10.2 Å². The zero-order chi connectivity index (χ0) is 14.7. The van der Waals surface area contributed by atoms with E-state index in [4.69, 9.17) is 11.5 Å². The predicted molar refractivity (Wildman–Crippen MR) is 76.6 cm³/mol. The van der Waals surface area contributed by atoms with Crippen LogP contribution >= 0.6 is 0 Å². The first-order valence-corrected chi connectivity index (χ1v) is 6.68. The highest BCUT2D eigenvalue weighted by Gasteiger charge is 2.35. The Hall–Kier alpha value is -2.08. The third-order valence-electron chi connectivity index (χ3n) is 3.46. The quantitative estimate of drug-likeness (QED) is 0.693. The van der Waals surface area contributed by atoms with Gasteiger partial charge in [0.1, 0.15) is 0 Å². The number of carbonyl (C=O) groups is 2. The van der Waals surface area contributed by atoms with E-state index in [1.54, 1.807) is 6.92 Å². The van der Waals surface area contributed by atoms with E-state index in [9.17, 15) is 9.59 Å². The molecule has 1 saturated carbocycles. The number of primary amides is 1. The molecule has 108 valence electrons. The summed E-state index contributed by atoms with van der Waals surface area (Å²) in [4.78, 5) is 24.8. The summed E-state index contributed by atoms with van der Waals surface area (Å²) in [6, 6.07) is 6.75. The van der Waals surface area contributed by atoms with Crippen LogP contribution in [-0.2, 0) is 11.3 Å². The molecule has 0 saturated heterocycles. The molecule has 0 aliphatic heterocycles. The Bertz CT molecular complexity index is 514. The maximum absolute atomic E-state index is 11.9. The number of hydrogen-bond acceptors (Lipinski definition) is 4. The first-order chi connectivity index (χ1) is 9.47. The lowest BCUT2D eigenvalue weighted by molar-refractivity contribution is -0.125. The van der Waals surface area contributed by atoms with E-state index >= 15 is 0 Å². The molecule has 0 bridgehead atoms. The maximum Gasteiger partial charge on any atom is 0.318 e. The molecule has 0 heterocycles. The highest BCUT2D eigenvalue weighted by atomic mass is 16.2. The number of rotatable bonds is 5. The van der Waals surface area contributed by atoms with Gasteiger partial charge in [-0.15, -0.1) is 0 Å². The van der Waals surface area contributed by atoms with Gasteiger partial charge in [0.15, 0.2) is 0 Å². The van der Waals surface area contributed by atoms with Gasteiger partial charge in [-0.25, -0.2) is 4.79 Å². The lowest BCUT2D eigenvalue weighted by Gasteiger charge is -2.28. The molecule has 1 unspecified atom stereocenters. The molecule has 1 aromatic rings. The van der Waals surface area contributed by atoms with Gasteiger partial charge in [-0.05, 0) is 37.5 Å². The molecule has 6 heteroatoms. The fraction of sp³-hybridized carbons (Fsp3) is 0.429. The SMILES string of the molecule is CC(C(=O)NC(N)=O)N(Cc1cccc(N)c1)C1CC1. The fourth-order valence-electron chi connectivity index (χ4n) is 2.27. The van der Waals surface area contributed by atoms with E-state index in [-0.39, 0.29) is 5.91 Å². The Morgan fingerprint density at radius 1 is 1.45 bits per heavy atom. The molecule has 2 rings (SSSR count). The molecule has 3 amide bonds. The van der Waals surface area contributed by atoms with Crippen LogP contribution in [-0.4, -0.2) is 28.9 Å². The third kappa shape index (κ3) is 3.71. The zero-order valence-electron chi connectivity index (χ0n) is 11.5. The molecule has 0 radical (unpaired) electrons. The molecule has 0 spiro atoms. The molecular weight excluding hydrogens is 256 g/mol. The van der Waals surface area contributed by atoms with Gasteiger partial charge in [0.25, 0.3) is 0 Å². The van der Waals surface area contributed by atoms with E-state index in [2.05, 4.69) is 10.2 Å². The summed E-state index contributed by atoms with van der Waals surface area (Å²) in [7, 11) is 0. The lowest BCUT2D eigenvalue weighted by Crippen LogP contribution is -2.48. The minimum absolute atomic E-state index is 0.367. The summed E-state index contributed by atoms with van der Waals surface area (Å²) < 4.78 is 0. The fourth-order valence-corrected chi connectivity index (χ4v) is 2.27. The second kappa shape index (κ2) is 5.92. The summed E-state index contributed by atoms with van der Waals surface area (Å²) in [5.74, 6) is -0.367. The Kier molecular flexibility index (Phi) is 4.24. The maximum atomic E-state index is 11.9. The second-order valence-corrected chi connectivity index (χ2v) is 5.18. The number of anilines is 1. The van der Waals surface area contributed by atoms with Gasteiger partial charge in [-0.1, -0.05) is 12.1 Å². The molecule has 0 aromatic heterocycles. The topological polar surface area (TPSA) is 101 Å². The van der Waals surface area contributed by atoms with E-state index in [1.807, 2.05) is 24.3 Å². The predicted octanol–water partition coefficient (Wildman–Crippen LogP) is 0.817. The molecule has 6 nitrogen and oxygen atoms in total. The van der Waals surface area contributed by atoms with Crippen LogP contribution in [0.1, 0.15) is 25.3 Å². The third-order valence-corrected chi connectivity index (χ3v) is 3.46. The number of nitrogens with zero attached hydrogens (tertiary/aromatic N) is 1.